The van der Waals surface area contributed by atoms with E-state index in [2.05, 4.69) is 25.8 Å². The van der Waals surface area contributed by atoms with Gasteiger partial charge in [-0.1, -0.05) is 13.8 Å². The summed E-state index contributed by atoms with van der Waals surface area (Å²) in [6, 6.07) is 4.82. The highest BCUT2D eigenvalue weighted by Crippen LogP contribution is 2.32. The Hall–Kier alpha value is -4.35. The molecule has 3 heterocycles. The second-order valence-corrected chi connectivity index (χ2v) is 11.4. The minimum absolute atomic E-state index is 0.138. The number of methoxy groups -OCH3 is 1. The lowest BCUT2D eigenvalue weighted by Gasteiger charge is -2.26. The summed E-state index contributed by atoms with van der Waals surface area (Å²) in [6.07, 6.45) is 8.47. The number of hydrogen-bond donors (Lipinski definition) is 3. The molecule has 0 saturated carbocycles. The van der Waals surface area contributed by atoms with Gasteiger partial charge in [-0.3, -0.25) is 19.5 Å². The molecule has 12 heteroatoms. The fourth-order valence-corrected chi connectivity index (χ4v) is 5.71. The average Bonchev–Trinajstić information content (AvgIpc) is 3.64. The van der Waals surface area contributed by atoms with Crippen molar-refractivity contribution in [3.8, 4) is 22.9 Å². The summed E-state index contributed by atoms with van der Waals surface area (Å²) >= 11 is 0. The number of benzene rings is 1. The molecule has 2 aliphatic rings. The Morgan fingerprint density at radius 1 is 1.19 bits per heavy atom. The van der Waals surface area contributed by atoms with Gasteiger partial charge in [0.1, 0.15) is 18.5 Å². The van der Waals surface area contributed by atoms with E-state index in [1.54, 1.807) is 13.3 Å². The van der Waals surface area contributed by atoms with E-state index in [4.69, 9.17) is 9.47 Å². The van der Waals surface area contributed by atoms with Gasteiger partial charge < -0.3 is 29.6 Å². The number of carbonyl (C=O) groups excluding carboxylic acids is 3. The molecule has 0 saturated heterocycles. The number of fused-ring (bicyclic) bond motifs is 5. The molecule has 1 aromatic carbocycles. The molecule has 0 spiro atoms. The standard InChI is InChI=1S/C31H41N7O5/c1-20(2)29-31(41)33-13-15-37-14-12-32-30(37)21-8-10-25(42-3)26(18-21)43-17-16-38(19-27(39)34-29)28(40)11-9-24-22-6-4-5-7-23(22)35-36-24/h8,10,12,14,18,20,29H,4-7,9,11,13,15-17,19H2,1-3H3,(H,33,41)(H,34,39)(H,35,36)/t29-/m1/s1. The van der Waals surface area contributed by atoms with Gasteiger partial charge in [0, 0.05) is 49.6 Å². The number of carbonyl (C=O) groups is 3. The number of ether oxygens (including phenoxy) is 2. The Morgan fingerprint density at radius 2 is 2.02 bits per heavy atom. The fraction of sp³-hybridized carbons (Fsp3) is 0.516. The van der Waals surface area contributed by atoms with Crippen molar-refractivity contribution in [2.45, 2.75) is 65.0 Å². The number of rotatable bonds is 5. The van der Waals surface area contributed by atoms with Crippen LogP contribution in [-0.4, -0.2) is 81.8 Å². The molecular formula is C31H41N7O5. The third kappa shape index (κ3) is 7.18. The average molecular weight is 592 g/mol. The first-order chi connectivity index (χ1) is 20.8. The summed E-state index contributed by atoms with van der Waals surface area (Å²) in [5, 5.41) is 13.4. The van der Waals surface area contributed by atoms with Crippen LogP contribution in [0.5, 0.6) is 11.5 Å². The van der Waals surface area contributed by atoms with E-state index in [9.17, 15) is 14.4 Å². The number of hydrogen-bond acceptors (Lipinski definition) is 7. The Bertz CT molecular complexity index is 1450. The zero-order valence-corrected chi connectivity index (χ0v) is 25.1. The molecule has 1 atom stereocenters. The van der Waals surface area contributed by atoms with Gasteiger partial charge in [0.15, 0.2) is 11.5 Å². The Labute approximate surface area is 251 Å². The van der Waals surface area contributed by atoms with Crippen molar-refractivity contribution in [1.29, 1.82) is 0 Å². The monoisotopic (exact) mass is 591 g/mol. The van der Waals surface area contributed by atoms with Crippen LogP contribution in [0.1, 0.15) is 50.1 Å². The lowest BCUT2D eigenvalue weighted by atomic mass is 9.94. The number of imidazole rings is 1. The number of H-pyrrole nitrogens is 1. The van der Waals surface area contributed by atoms with Crippen LogP contribution in [0.2, 0.25) is 0 Å². The van der Waals surface area contributed by atoms with Crippen molar-refractivity contribution in [1.82, 2.24) is 35.3 Å². The lowest BCUT2D eigenvalue weighted by molar-refractivity contribution is -0.137. The van der Waals surface area contributed by atoms with Crippen molar-refractivity contribution in [3.05, 3.63) is 47.5 Å². The van der Waals surface area contributed by atoms with Crippen LogP contribution in [0.3, 0.4) is 0 Å². The van der Waals surface area contributed by atoms with Gasteiger partial charge in [-0.2, -0.15) is 5.10 Å². The third-order valence-electron chi connectivity index (χ3n) is 8.08. The van der Waals surface area contributed by atoms with Gasteiger partial charge in [0.2, 0.25) is 17.7 Å². The fourth-order valence-electron chi connectivity index (χ4n) is 5.71. The number of aromatic amines is 1. The number of nitrogens with zero attached hydrogens (tertiary/aromatic N) is 4. The maximum atomic E-state index is 13.5. The molecule has 5 rings (SSSR count). The smallest absolute Gasteiger partial charge is 0.242 e. The summed E-state index contributed by atoms with van der Waals surface area (Å²) in [5.74, 6) is 0.764. The molecule has 1 aliphatic carbocycles. The molecule has 3 aromatic rings. The molecule has 230 valence electrons. The molecule has 0 fully saturated rings. The molecule has 2 aromatic heterocycles. The van der Waals surface area contributed by atoms with E-state index in [0.29, 0.717) is 31.0 Å². The second-order valence-electron chi connectivity index (χ2n) is 11.4. The first-order valence-corrected chi connectivity index (χ1v) is 15.1. The van der Waals surface area contributed by atoms with Gasteiger partial charge in [-0.05, 0) is 55.4 Å². The Balaban J connectivity index is 1.37. The van der Waals surface area contributed by atoms with E-state index >= 15 is 0 Å². The molecule has 3 amide bonds. The van der Waals surface area contributed by atoms with Crippen LogP contribution < -0.4 is 20.1 Å². The zero-order valence-electron chi connectivity index (χ0n) is 25.1. The van der Waals surface area contributed by atoms with Crippen LogP contribution in [0.15, 0.2) is 30.6 Å². The first kappa shape index (κ1) is 30.1. The van der Waals surface area contributed by atoms with Gasteiger partial charge in [-0.25, -0.2) is 4.98 Å². The van der Waals surface area contributed by atoms with Crippen LogP contribution >= 0.6 is 0 Å². The largest absolute Gasteiger partial charge is 0.493 e. The van der Waals surface area contributed by atoms with Crippen molar-refractivity contribution in [3.63, 3.8) is 0 Å². The van der Waals surface area contributed by atoms with Gasteiger partial charge >= 0.3 is 0 Å². The minimum Gasteiger partial charge on any atom is -0.493 e. The first-order valence-electron chi connectivity index (χ1n) is 15.1. The molecule has 1 aliphatic heterocycles. The summed E-state index contributed by atoms with van der Waals surface area (Å²) in [7, 11) is 1.57. The Morgan fingerprint density at radius 3 is 2.84 bits per heavy atom. The van der Waals surface area contributed by atoms with E-state index in [1.165, 1.54) is 16.2 Å². The number of nitrogens with one attached hydrogen (secondary N) is 3. The summed E-state index contributed by atoms with van der Waals surface area (Å²) in [6.45, 7) is 4.71. The molecule has 43 heavy (non-hydrogen) atoms. The van der Waals surface area contributed by atoms with Crippen molar-refractivity contribution < 1.29 is 23.9 Å². The zero-order chi connectivity index (χ0) is 30.3. The summed E-state index contributed by atoms with van der Waals surface area (Å²) in [4.78, 5) is 45.9. The molecular weight excluding hydrogens is 550 g/mol. The minimum atomic E-state index is -0.742. The van der Waals surface area contributed by atoms with Gasteiger partial charge in [0.05, 0.1) is 25.9 Å². The van der Waals surface area contributed by atoms with Crippen molar-refractivity contribution in [2.75, 3.05) is 33.4 Å². The van der Waals surface area contributed by atoms with E-state index in [1.807, 2.05) is 42.8 Å². The number of aryl methyl sites for hydroxylation is 2. The van der Waals surface area contributed by atoms with Crippen LogP contribution in [-0.2, 0) is 40.2 Å². The predicted octanol–water partition coefficient (Wildman–Crippen LogP) is 2.27. The number of aromatic nitrogens is 4. The SMILES string of the molecule is COc1ccc2cc1OCCN(C(=O)CCc1n[nH]c3c1CCCC3)CC(=O)N[C@H](C(C)C)C(=O)NCCn1ccnc1-2. The second kappa shape index (κ2) is 13.7. The normalized spacial score (nSPS) is 18.1. The van der Waals surface area contributed by atoms with Gasteiger partial charge in [0.25, 0.3) is 0 Å². The maximum absolute atomic E-state index is 13.5. The lowest BCUT2D eigenvalue weighted by Crippen LogP contribution is -2.53. The van der Waals surface area contributed by atoms with E-state index in [-0.39, 0.29) is 43.8 Å². The van der Waals surface area contributed by atoms with Crippen LogP contribution in [0, 0.1) is 5.92 Å². The van der Waals surface area contributed by atoms with Crippen molar-refractivity contribution >= 4 is 17.7 Å². The highest BCUT2D eigenvalue weighted by atomic mass is 16.5. The highest BCUT2D eigenvalue weighted by molar-refractivity contribution is 5.90. The molecule has 3 N–H and O–H groups in total. The summed E-state index contributed by atoms with van der Waals surface area (Å²) < 4.78 is 13.6. The predicted molar refractivity (Wildman–Crippen MR) is 160 cm³/mol. The van der Waals surface area contributed by atoms with Crippen molar-refractivity contribution in [2.24, 2.45) is 5.92 Å². The molecule has 2 bridgehead atoms. The topological polar surface area (TPSA) is 143 Å². The van der Waals surface area contributed by atoms with Crippen LogP contribution in [0.25, 0.3) is 11.4 Å². The summed E-state index contributed by atoms with van der Waals surface area (Å²) in [5.41, 5.74) is 4.13. The van der Waals surface area contributed by atoms with E-state index < -0.39 is 11.9 Å². The third-order valence-corrected chi connectivity index (χ3v) is 8.08. The molecule has 12 nitrogen and oxygen atoms in total. The Kier molecular flexibility index (Phi) is 9.63. The molecule has 0 unspecified atom stereocenters. The quantitative estimate of drug-likeness (QED) is 0.413. The molecule has 0 radical (unpaired) electrons. The van der Waals surface area contributed by atoms with E-state index in [0.717, 1.165) is 42.8 Å². The highest BCUT2D eigenvalue weighted by Gasteiger charge is 2.27. The van der Waals surface area contributed by atoms with Crippen LogP contribution in [0.4, 0.5) is 0 Å². The number of amides is 3. The maximum Gasteiger partial charge on any atom is 0.242 e. The van der Waals surface area contributed by atoms with Gasteiger partial charge in [-0.15, -0.1) is 0 Å².